The van der Waals surface area contributed by atoms with E-state index in [0.717, 1.165) is 31.7 Å². The van der Waals surface area contributed by atoms with Gasteiger partial charge >= 0.3 is 0 Å². The van der Waals surface area contributed by atoms with E-state index in [1.54, 1.807) is 0 Å². The molecule has 0 saturated heterocycles. The third-order valence-corrected chi connectivity index (χ3v) is 5.70. The normalized spacial score (nSPS) is 17.8. The number of anilines is 1. The van der Waals surface area contributed by atoms with Crippen LogP contribution in [-0.4, -0.2) is 21.9 Å². The summed E-state index contributed by atoms with van der Waals surface area (Å²) in [5.74, 6) is -2.05. The largest absolute Gasteiger partial charge is 0.777 e. The van der Waals surface area contributed by atoms with Gasteiger partial charge in [-0.2, -0.15) is 0 Å². The highest BCUT2D eigenvalue weighted by Gasteiger charge is 2.18. The van der Waals surface area contributed by atoms with Crippen LogP contribution >= 0.6 is 7.60 Å². The highest BCUT2D eigenvalue weighted by molar-refractivity contribution is 7.50. The van der Waals surface area contributed by atoms with Gasteiger partial charge in [0.15, 0.2) is 7.60 Å². The molecule has 1 amide bonds. The van der Waals surface area contributed by atoms with Crippen LogP contribution < -0.4 is 15.9 Å². The van der Waals surface area contributed by atoms with Gasteiger partial charge in [-0.3, -0.25) is 4.79 Å². The summed E-state index contributed by atoms with van der Waals surface area (Å²) in [6, 6.07) is 6.45. The van der Waals surface area contributed by atoms with E-state index < -0.39 is 13.4 Å². The van der Waals surface area contributed by atoms with Crippen LogP contribution in [0.4, 0.5) is 5.69 Å². The van der Waals surface area contributed by atoms with Gasteiger partial charge in [0, 0.05) is 12.1 Å². The lowest BCUT2D eigenvalue weighted by atomic mass is 9.97. The van der Waals surface area contributed by atoms with Crippen LogP contribution in [0.1, 0.15) is 82.5 Å². The number of carbonyl (C=O) groups is 1. The summed E-state index contributed by atoms with van der Waals surface area (Å²) in [7, 11) is -4.82. The summed E-state index contributed by atoms with van der Waals surface area (Å²) in [6.07, 6.45) is 11.6. The van der Waals surface area contributed by atoms with Crippen LogP contribution in [0.3, 0.4) is 0 Å². The third-order valence-electron chi connectivity index (χ3n) is 4.78. The molecule has 0 bridgehead atoms. The average molecular weight is 414 g/mol. The van der Waals surface area contributed by atoms with Crippen LogP contribution in [0.2, 0.25) is 0 Å². The molecule has 8 heteroatoms. The van der Waals surface area contributed by atoms with Crippen molar-refractivity contribution in [3.63, 3.8) is 0 Å². The van der Waals surface area contributed by atoms with Gasteiger partial charge < -0.3 is 30.5 Å². The van der Waals surface area contributed by atoms with Gasteiger partial charge in [-0.1, -0.05) is 44.7 Å². The molecular formula is C20H35N2O5P. The van der Waals surface area contributed by atoms with Gasteiger partial charge in [-0.25, -0.2) is 0 Å². The lowest BCUT2D eigenvalue weighted by Crippen LogP contribution is -2.61. The van der Waals surface area contributed by atoms with E-state index in [1.165, 1.54) is 56.4 Å². The molecule has 7 nitrogen and oxygen atoms in total. The zero-order chi connectivity index (χ0) is 21.0. The summed E-state index contributed by atoms with van der Waals surface area (Å²) in [5, 5.41) is 12.1. The fourth-order valence-corrected chi connectivity index (χ4v) is 3.60. The van der Waals surface area contributed by atoms with Gasteiger partial charge in [0.25, 0.3) is 0 Å². The SMILES string of the molecule is CCCCCCC(=O)Nc1ccc(C(O)P(=O)([O-])O)cc1.[NH3+]C1CCCCC1. The summed E-state index contributed by atoms with van der Waals surface area (Å²) >= 11 is 0. The number of aliphatic hydroxyl groups is 1. The molecule has 0 spiro atoms. The molecule has 0 aliphatic heterocycles. The van der Waals surface area contributed by atoms with E-state index in [4.69, 9.17) is 4.89 Å². The Bertz CT molecular complexity index is 612. The molecule has 1 fully saturated rings. The Morgan fingerprint density at radius 2 is 1.82 bits per heavy atom. The lowest BCUT2D eigenvalue weighted by Gasteiger charge is -2.22. The van der Waals surface area contributed by atoms with Crippen molar-refractivity contribution >= 4 is 19.2 Å². The van der Waals surface area contributed by atoms with Gasteiger partial charge in [-0.15, -0.1) is 0 Å². The number of unbranched alkanes of at least 4 members (excludes halogenated alkanes) is 3. The molecule has 160 valence electrons. The molecule has 1 aromatic carbocycles. The number of rotatable bonds is 8. The molecule has 0 aromatic heterocycles. The predicted octanol–water partition coefficient (Wildman–Crippen LogP) is 2.69. The smallest absolute Gasteiger partial charge is 0.224 e. The molecular weight excluding hydrogens is 379 g/mol. The van der Waals surface area contributed by atoms with Crippen molar-refractivity contribution in [3.05, 3.63) is 29.8 Å². The molecule has 0 heterocycles. The zero-order valence-corrected chi connectivity index (χ0v) is 17.7. The molecule has 2 rings (SSSR count). The fourth-order valence-electron chi connectivity index (χ4n) is 3.05. The first-order chi connectivity index (χ1) is 13.2. The number of carbonyl (C=O) groups excluding carboxylic acids is 1. The standard InChI is InChI=1S/C14H22NO5P.C6H13N/c1-2-3-4-5-6-13(16)15-12-9-7-11(8-10-12)14(17)21(18,19)20;7-6-4-2-1-3-5-6/h7-10,14,17H,2-6H2,1H3,(H,15,16)(H2,18,19,20);6H,1-5,7H2. The van der Waals surface area contributed by atoms with Crippen molar-refractivity contribution < 1.29 is 30.0 Å². The summed E-state index contributed by atoms with van der Waals surface area (Å²) in [6.45, 7) is 2.10. The summed E-state index contributed by atoms with van der Waals surface area (Å²) in [5.41, 5.74) is 4.57. The van der Waals surface area contributed by atoms with E-state index in [1.807, 2.05) is 0 Å². The Hall–Kier alpha value is -1.24. The highest BCUT2D eigenvalue weighted by Crippen LogP contribution is 2.45. The van der Waals surface area contributed by atoms with E-state index in [-0.39, 0.29) is 11.5 Å². The molecule has 1 aliphatic rings. The van der Waals surface area contributed by atoms with Gasteiger partial charge in [0.1, 0.15) is 5.85 Å². The number of hydrogen-bond donors (Lipinski definition) is 4. The lowest BCUT2D eigenvalue weighted by molar-refractivity contribution is -0.425. The Morgan fingerprint density at radius 1 is 1.21 bits per heavy atom. The van der Waals surface area contributed by atoms with E-state index in [2.05, 4.69) is 18.0 Å². The minimum atomic E-state index is -4.82. The minimum Gasteiger partial charge on any atom is -0.777 e. The Labute approximate surface area is 167 Å². The average Bonchev–Trinajstić information content (AvgIpc) is 2.66. The molecule has 1 saturated carbocycles. The van der Waals surface area contributed by atoms with E-state index in [0.29, 0.717) is 12.1 Å². The molecule has 1 aliphatic carbocycles. The Balaban J connectivity index is 0.000000467. The third kappa shape index (κ3) is 10.3. The number of hydrogen-bond acceptors (Lipinski definition) is 4. The highest BCUT2D eigenvalue weighted by atomic mass is 31.2. The second-order valence-electron chi connectivity index (χ2n) is 7.42. The summed E-state index contributed by atoms with van der Waals surface area (Å²) in [4.78, 5) is 31.3. The van der Waals surface area contributed by atoms with Gasteiger partial charge in [0.05, 0.1) is 6.04 Å². The van der Waals surface area contributed by atoms with Crippen LogP contribution in [0.5, 0.6) is 0 Å². The first-order valence-corrected chi connectivity index (χ1v) is 11.8. The maximum Gasteiger partial charge on any atom is 0.224 e. The molecule has 2 unspecified atom stereocenters. The Kier molecular flexibility index (Phi) is 11.6. The predicted molar refractivity (Wildman–Crippen MR) is 108 cm³/mol. The topological polar surface area (TPSA) is 137 Å². The minimum absolute atomic E-state index is 0.0526. The fraction of sp³-hybridized carbons (Fsp3) is 0.650. The van der Waals surface area contributed by atoms with Crippen LogP contribution in [-0.2, 0) is 9.36 Å². The van der Waals surface area contributed by atoms with E-state index in [9.17, 15) is 19.4 Å². The van der Waals surface area contributed by atoms with Gasteiger partial charge in [0.2, 0.25) is 5.91 Å². The van der Waals surface area contributed by atoms with Crippen molar-refractivity contribution in [3.8, 4) is 0 Å². The van der Waals surface area contributed by atoms with Crippen LogP contribution in [0.15, 0.2) is 24.3 Å². The first kappa shape index (κ1) is 24.8. The number of amides is 1. The maximum atomic E-state index is 11.7. The number of benzene rings is 1. The second kappa shape index (κ2) is 13.1. The van der Waals surface area contributed by atoms with Crippen molar-refractivity contribution in [1.29, 1.82) is 0 Å². The monoisotopic (exact) mass is 414 g/mol. The zero-order valence-electron chi connectivity index (χ0n) is 16.8. The number of nitrogens with one attached hydrogen (secondary N) is 1. The molecule has 2 atom stereocenters. The quantitative estimate of drug-likeness (QED) is 0.383. The summed E-state index contributed by atoms with van der Waals surface area (Å²) < 4.78 is 10.8. The van der Waals surface area contributed by atoms with Crippen molar-refractivity contribution in [2.75, 3.05) is 5.32 Å². The van der Waals surface area contributed by atoms with Gasteiger partial charge in [-0.05, 0) is 49.8 Å². The number of quaternary nitrogens is 1. The molecule has 0 radical (unpaired) electrons. The van der Waals surface area contributed by atoms with Crippen molar-refractivity contribution in [2.45, 2.75) is 83.0 Å². The first-order valence-electron chi connectivity index (χ1n) is 10.2. The Morgan fingerprint density at radius 3 is 2.29 bits per heavy atom. The number of aliphatic hydroxyl groups excluding tert-OH is 1. The molecule has 1 aromatic rings. The van der Waals surface area contributed by atoms with Crippen LogP contribution in [0.25, 0.3) is 0 Å². The molecule has 6 N–H and O–H groups in total. The maximum absolute atomic E-state index is 11.7. The van der Waals surface area contributed by atoms with Crippen molar-refractivity contribution in [2.24, 2.45) is 0 Å². The van der Waals surface area contributed by atoms with Crippen LogP contribution in [0, 0.1) is 0 Å². The van der Waals surface area contributed by atoms with E-state index >= 15 is 0 Å². The second-order valence-corrected chi connectivity index (χ2v) is 9.04. The molecule has 28 heavy (non-hydrogen) atoms. The van der Waals surface area contributed by atoms with Crippen molar-refractivity contribution in [1.82, 2.24) is 0 Å².